The Morgan fingerprint density at radius 1 is 1.19 bits per heavy atom. The molecule has 0 atom stereocenters. The lowest BCUT2D eigenvalue weighted by Crippen LogP contribution is -2.35. The Labute approximate surface area is 152 Å². The van der Waals surface area contributed by atoms with Crippen molar-refractivity contribution < 1.29 is 19.0 Å². The quantitative estimate of drug-likeness (QED) is 0.830. The molecule has 0 saturated carbocycles. The summed E-state index contributed by atoms with van der Waals surface area (Å²) in [5.74, 6) is 2.55. The maximum atomic E-state index is 9.61. The summed E-state index contributed by atoms with van der Waals surface area (Å²) in [6.07, 6.45) is 2.96. The Morgan fingerprint density at radius 3 is 2.58 bits per heavy atom. The summed E-state index contributed by atoms with van der Waals surface area (Å²) in [7, 11) is 3.13. The number of aliphatic hydroxyl groups excluding tert-OH is 1. The molecular weight excluding hydrogens is 332 g/mol. The van der Waals surface area contributed by atoms with E-state index in [-0.39, 0.29) is 6.10 Å². The third-order valence-corrected chi connectivity index (χ3v) is 4.49. The molecule has 0 spiro atoms. The minimum absolute atomic E-state index is 0.226. The van der Waals surface area contributed by atoms with Crippen molar-refractivity contribution in [3.63, 3.8) is 0 Å². The van der Waals surface area contributed by atoms with Crippen molar-refractivity contribution in [3.8, 4) is 17.6 Å². The van der Waals surface area contributed by atoms with Gasteiger partial charge in [-0.1, -0.05) is 0 Å². The molecule has 6 nitrogen and oxygen atoms in total. The average molecular weight is 354 g/mol. The number of methoxy groups -OCH3 is 2. The summed E-state index contributed by atoms with van der Waals surface area (Å²) in [5, 5.41) is 19.2. The second-order valence-electron chi connectivity index (χ2n) is 6.13. The van der Waals surface area contributed by atoms with Crippen LogP contribution in [-0.4, -0.2) is 38.5 Å². The summed E-state index contributed by atoms with van der Waals surface area (Å²) in [6, 6.07) is 11.3. The second-order valence-corrected chi connectivity index (χ2v) is 6.13. The number of nitrogens with zero attached hydrogens (tertiary/aromatic N) is 2. The SMILES string of the molecule is COc1ccc(C(C#N)=Cc2ccc(N3CCC(O)CC3)o2)cc1OC. The Kier molecular flexibility index (Phi) is 5.49. The van der Waals surface area contributed by atoms with Crippen LogP contribution in [0.1, 0.15) is 24.2 Å². The Morgan fingerprint density at radius 2 is 1.92 bits per heavy atom. The van der Waals surface area contributed by atoms with Gasteiger partial charge in [0.1, 0.15) is 5.76 Å². The molecule has 1 aliphatic rings. The molecule has 1 aromatic heterocycles. The van der Waals surface area contributed by atoms with Crippen molar-refractivity contribution in [1.29, 1.82) is 5.26 Å². The minimum Gasteiger partial charge on any atom is -0.493 e. The number of allylic oxidation sites excluding steroid dienone is 1. The number of hydrogen-bond acceptors (Lipinski definition) is 6. The molecule has 1 aliphatic heterocycles. The van der Waals surface area contributed by atoms with Gasteiger partial charge in [-0.15, -0.1) is 0 Å². The first-order valence-electron chi connectivity index (χ1n) is 8.51. The van der Waals surface area contributed by atoms with Crippen molar-refractivity contribution >= 4 is 17.5 Å². The molecule has 1 N–H and O–H groups in total. The summed E-state index contributed by atoms with van der Waals surface area (Å²) >= 11 is 0. The number of piperidine rings is 1. The van der Waals surface area contributed by atoms with E-state index < -0.39 is 0 Å². The highest BCUT2D eigenvalue weighted by Gasteiger charge is 2.19. The van der Waals surface area contributed by atoms with Crippen LogP contribution < -0.4 is 14.4 Å². The van der Waals surface area contributed by atoms with Crippen LogP contribution in [0, 0.1) is 11.3 Å². The van der Waals surface area contributed by atoms with Gasteiger partial charge in [-0.05, 0) is 48.7 Å². The van der Waals surface area contributed by atoms with E-state index in [2.05, 4.69) is 11.0 Å². The summed E-state index contributed by atoms with van der Waals surface area (Å²) < 4.78 is 16.4. The van der Waals surface area contributed by atoms with Gasteiger partial charge < -0.3 is 23.9 Å². The fourth-order valence-corrected chi connectivity index (χ4v) is 3.00. The van der Waals surface area contributed by atoms with Gasteiger partial charge in [-0.3, -0.25) is 0 Å². The molecule has 0 amide bonds. The number of anilines is 1. The van der Waals surface area contributed by atoms with Crippen LogP contribution in [0.4, 0.5) is 5.88 Å². The first-order chi connectivity index (χ1) is 12.6. The monoisotopic (exact) mass is 354 g/mol. The van der Waals surface area contributed by atoms with Crippen molar-refractivity contribution in [2.75, 3.05) is 32.2 Å². The largest absolute Gasteiger partial charge is 0.493 e. The Bertz CT molecular complexity index is 827. The van der Waals surface area contributed by atoms with E-state index in [4.69, 9.17) is 13.9 Å². The summed E-state index contributed by atoms with van der Waals surface area (Å²) in [6.45, 7) is 1.53. The number of rotatable bonds is 5. The molecule has 0 aliphatic carbocycles. The molecular formula is C20H22N2O4. The van der Waals surface area contributed by atoms with E-state index in [1.54, 1.807) is 32.4 Å². The fraction of sp³-hybridized carbons (Fsp3) is 0.350. The van der Waals surface area contributed by atoms with Crippen LogP contribution in [0.15, 0.2) is 34.7 Å². The van der Waals surface area contributed by atoms with Gasteiger partial charge in [0.05, 0.1) is 32.0 Å². The lowest BCUT2D eigenvalue weighted by atomic mass is 10.1. The lowest BCUT2D eigenvalue weighted by molar-refractivity contribution is 0.144. The molecule has 1 saturated heterocycles. The minimum atomic E-state index is -0.226. The molecule has 3 rings (SSSR count). The van der Waals surface area contributed by atoms with Crippen LogP contribution in [0.2, 0.25) is 0 Å². The second kappa shape index (κ2) is 7.98. The first kappa shape index (κ1) is 17.9. The van der Waals surface area contributed by atoms with Crippen LogP contribution in [0.5, 0.6) is 11.5 Å². The summed E-state index contributed by atoms with van der Waals surface area (Å²) in [5.41, 5.74) is 1.20. The van der Waals surface area contributed by atoms with Gasteiger partial charge in [-0.2, -0.15) is 5.26 Å². The standard InChI is InChI=1S/C20H22N2O4/c1-24-18-5-3-14(12-19(18)25-2)15(13-21)11-17-4-6-20(26-17)22-9-7-16(23)8-10-22/h3-6,11-12,16,23H,7-10H2,1-2H3. The Balaban J connectivity index is 1.83. The van der Waals surface area contributed by atoms with Crippen molar-refractivity contribution in [2.24, 2.45) is 0 Å². The molecule has 1 aromatic carbocycles. The predicted octanol–water partition coefficient (Wildman–Crippen LogP) is 3.32. The Hall–Kier alpha value is -2.91. The van der Waals surface area contributed by atoms with Crippen molar-refractivity contribution in [1.82, 2.24) is 0 Å². The fourth-order valence-electron chi connectivity index (χ4n) is 3.00. The molecule has 1 fully saturated rings. The van der Waals surface area contributed by atoms with E-state index in [9.17, 15) is 10.4 Å². The zero-order valence-corrected chi connectivity index (χ0v) is 14.9. The number of hydrogen-bond donors (Lipinski definition) is 1. The molecule has 0 unspecified atom stereocenters. The smallest absolute Gasteiger partial charge is 0.196 e. The topological polar surface area (TPSA) is 78.9 Å². The van der Waals surface area contributed by atoms with Crippen LogP contribution in [0.25, 0.3) is 11.6 Å². The molecule has 136 valence electrons. The van der Waals surface area contributed by atoms with Crippen LogP contribution in [0.3, 0.4) is 0 Å². The number of ether oxygens (including phenoxy) is 2. The highest BCUT2D eigenvalue weighted by Crippen LogP contribution is 2.31. The number of benzene rings is 1. The van der Waals surface area contributed by atoms with E-state index in [1.807, 2.05) is 18.2 Å². The highest BCUT2D eigenvalue weighted by atomic mass is 16.5. The van der Waals surface area contributed by atoms with Gasteiger partial charge in [-0.25, -0.2) is 0 Å². The maximum Gasteiger partial charge on any atom is 0.196 e. The molecule has 2 aromatic rings. The third-order valence-electron chi connectivity index (χ3n) is 4.49. The molecule has 0 radical (unpaired) electrons. The predicted molar refractivity (Wildman–Crippen MR) is 99.2 cm³/mol. The average Bonchev–Trinajstić information content (AvgIpc) is 3.14. The molecule has 6 heteroatoms. The van der Waals surface area contributed by atoms with Gasteiger partial charge in [0, 0.05) is 19.2 Å². The summed E-state index contributed by atoms with van der Waals surface area (Å²) in [4.78, 5) is 2.10. The number of furan rings is 1. The van der Waals surface area contributed by atoms with Crippen molar-refractivity contribution in [2.45, 2.75) is 18.9 Å². The number of nitriles is 1. The van der Waals surface area contributed by atoms with Gasteiger partial charge >= 0.3 is 0 Å². The van der Waals surface area contributed by atoms with Crippen LogP contribution in [-0.2, 0) is 0 Å². The zero-order valence-electron chi connectivity index (χ0n) is 14.9. The first-order valence-corrected chi connectivity index (χ1v) is 8.51. The number of aliphatic hydroxyl groups is 1. The van der Waals surface area contributed by atoms with Gasteiger partial charge in [0.2, 0.25) is 0 Å². The van der Waals surface area contributed by atoms with Gasteiger partial charge in [0.15, 0.2) is 17.4 Å². The van der Waals surface area contributed by atoms with Gasteiger partial charge in [0.25, 0.3) is 0 Å². The highest BCUT2D eigenvalue weighted by molar-refractivity contribution is 5.89. The van der Waals surface area contributed by atoms with E-state index in [0.29, 0.717) is 22.8 Å². The normalized spacial score (nSPS) is 15.6. The maximum absolute atomic E-state index is 9.61. The van der Waals surface area contributed by atoms with E-state index in [1.165, 1.54) is 0 Å². The third kappa shape index (κ3) is 3.84. The lowest BCUT2D eigenvalue weighted by Gasteiger charge is -2.29. The molecule has 0 bridgehead atoms. The van der Waals surface area contributed by atoms with E-state index >= 15 is 0 Å². The van der Waals surface area contributed by atoms with E-state index in [0.717, 1.165) is 37.4 Å². The van der Waals surface area contributed by atoms with Crippen molar-refractivity contribution in [3.05, 3.63) is 41.7 Å². The molecule has 26 heavy (non-hydrogen) atoms. The van der Waals surface area contributed by atoms with Crippen LogP contribution >= 0.6 is 0 Å². The zero-order chi connectivity index (χ0) is 18.5. The molecule has 2 heterocycles.